The lowest BCUT2D eigenvalue weighted by Crippen LogP contribution is -2.26. The minimum atomic E-state index is -3.60. The summed E-state index contributed by atoms with van der Waals surface area (Å²) in [7, 11) is -1.99. The summed E-state index contributed by atoms with van der Waals surface area (Å²) in [4.78, 5) is 14.0. The first kappa shape index (κ1) is 13.8. The molecule has 1 amide bonds. The van der Waals surface area contributed by atoms with Gasteiger partial charge < -0.3 is 4.90 Å². The molecule has 0 bridgehead atoms. The van der Waals surface area contributed by atoms with E-state index in [1.807, 2.05) is 6.07 Å². The molecule has 4 nitrogen and oxygen atoms in total. The van der Waals surface area contributed by atoms with Crippen molar-refractivity contribution >= 4 is 21.4 Å². The molecule has 1 heterocycles. The van der Waals surface area contributed by atoms with Gasteiger partial charge in [-0.1, -0.05) is 42.5 Å². The van der Waals surface area contributed by atoms with Gasteiger partial charge in [0.1, 0.15) is 0 Å². The van der Waals surface area contributed by atoms with Gasteiger partial charge in [0.2, 0.25) is 5.91 Å². The monoisotopic (exact) mass is 301 g/mol. The van der Waals surface area contributed by atoms with Gasteiger partial charge in [-0.15, -0.1) is 0 Å². The van der Waals surface area contributed by atoms with Crippen LogP contribution in [0.3, 0.4) is 0 Å². The van der Waals surface area contributed by atoms with Crippen LogP contribution in [0.2, 0.25) is 0 Å². The van der Waals surface area contributed by atoms with Crippen molar-refractivity contribution in [1.29, 1.82) is 0 Å². The average molecular weight is 301 g/mol. The molecule has 0 radical (unpaired) electrons. The van der Waals surface area contributed by atoms with Crippen LogP contribution in [0.1, 0.15) is 17.2 Å². The third-order valence-electron chi connectivity index (χ3n) is 3.81. The lowest BCUT2D eigenvalue weighted by Gasteiger charge is -2.15. The Labute approximate surface area is 123 Å². The number of benzene rings is 2. The largest absolute Gasteiger partial charge is 0.314 e. The highest BCUT2D eigenvalue weighted by Gasteiger charge is 2.37. The molecule has 1 aliphatic rings. The molecule has 0 spiro atoms. The average Bonchev–Trinajstić information content (AvgIpc) is 2.58. The van der Waals surface area contributed by atoms with Gasteiger partial charge in [0.15, 0.2) is 9.84 Å². The number of amides is 1. The summed E-state index contributed by atoms with van der Waals surface area (Å²) in [6.45, 7) is 0. The Hall–Kier alpha value is -2.14. The summed E-state index contributed by atoms with van der Waals surface area (Å²) >= 11 is 0. The van der Waals surface area contributed by atoms with E-state index in [1.165, 1.54) is 4.90 Å². The van der Waals surface area contributed by atoms with Gasteiger partial charge in [0.25, 0.3) is 0 Å². The number of para-hydroxylation sites is 1. The van der Waals surface area contributed by atoms with Crippen LogP contribution in [0.5, 0.6) is 0 Å². The van der Waals surface area contributed by atoms with Gasteiger partial charge in [0.05, 0.1) is 15.8 Å². The summed E-state index contributed by atoms with van der Waals surface area (Å²) in [5.74, 6) is -0.197. The Balaban J connectivity index is 2.24. The number of carbonyl (C=O) groups excluding carboxylic acids is 1. The van der Waals surface area contributed by atoms with Crippen molar-refractivity contribution < 1.29 is 13.2 Å². The first-order valence-electron chi connectivity index (χ1n) is 6.66. The standard InChI is InChI=1S/C16H15NO3S/c1-17-13-9-5-6-10-14(13)21(19,20)15(11-16(17)18)12-7-3-2-4-8-12/h2-10,15H,11H2,1H3/t15-/m0/s1. The zero-order valence-electron chi connectivity index (χ0n) is 11.6. The normalized spacial score (nSPS) is 20.7. The van der Waals surface area contributed by atoms with E-state index in [9.17, 15) is 13.2 Å². The Bertz CT molecular complexity index is 784. The minimum absolute atomic E-state index is 0.0441. The number of sulfone groups is 1. The van der Waals surface area contributed by atoms with Crippen LogP contribution in [-0.4, -0.2) is 21.4 Å². The van der Waals surface area contributed by atoms with E-state index >= 15 is 0 Å². The number of anilines is 1. The maximum absolute atomic E-state index is 12.9. The van der Waals surface area contributed by atoms with Crippen LogP contribution >= 0.6 is 0 Å². The summed E-state index contributed by atoms with van der Waals surface area (Å²) in [6.07, 6.45) is -0.0441. The predicted octanol–water partition coefficient (Wildman–Crippen LogP) is 2.57. The van der Waals surface area contributed by atoms with Crippen LogP contribution < -0.4 is 4.90 Å². The van der Waals surface area contributed by atoms with Crippen LogP contribution in [0.25, 0.3) is 0 Å². The van der Waals surface area contributed by atoms with E-state index < -0.39 is 15.1 Å². The number of rotatable bonds is 1. The fraction of sp³-hybridized carbons (Fsp3) is 0.188. The summed E-state index contributed by atoms with van der Waals surface area (Å²) in [5.41, 5.74) is 1.09. The van der Waals surface area contributed by atoms with Gasteiger partial charge in [-0.2, -0.15) is 0 Å². The van der Waals surface area contributed by atoms with Crippen molar-refractivity contribution in [3.8, 4) is 0 Å². The summed E-state index contributed by atoms with van der Waals surface area (Å²) < 4.78 is 25.9. The van der Waals surface area contributed by atoms with Crippen molar-refractivity contribution in [2.45, 2.75) is 16.6 Å². The maximum Gasteiger partial charge on any atom is 0.228 e. The van der Waals surface area contributed by atoms with E-state index in [2.05, 4.69) is 0 Å². The molecular formula is C16H15NO3S. The summed E-state index contributed by atoms with van der Waals surface area (Å²) in [6, 6.07) is 15.6. The quantitative estimate of drug-likeness (QED) is 0.813. The smallest absolute Gasteiger partial charge is 0.228 e. The lowest BCUT2D eigenvalue weighted by atomic mass is 10.1. The number of carbonyl (C=O) groups is 1. The highest BCUT2D eigenvalue weighted by atomic mass is 32.2. The van der Waals surface area contributed by atoms with Crippen molar-refractivity contribution in [1.82, 2.24) is 0 Å². The second kappa shape index (κ2) is 5.00. The molecule has 0 saturated heterocycles. The highest BCUT2D eigenvalue weighted by molar-refractivity contribution is 7.92. The van der Waals surface area contributed by atoms with Crippen molar-refractivity contribution in [2.75, 3.05) is 11.9 Å². The summed E-state index contributed by atoms with van der Waals surface area (Å²) in [5, 5.41) is -0.836. The number of hydrogen-bond acceptors (Lipinski definition) is 3. The second-order valence-corrected chi connectivity index (χ2v) is 7.17. The maximum atomic E-state index is 12.9. The topological polar surface area (TPSA) is 54.5 Å². The van der Waals surface area contributed by atoms with Crippen LogP contribution in [0, 0.1) is 0 Å². The molecule has 0 aromatic heterocycles. The molecule has 2 aromatic carbocycles. The van der Waals surface area contributed by atoms with E-state index in [4.69, 9.17) is 0 Å². The van der Waals surface area contributed by atoms with Crippen LogP contribution in [-0.2, 0) is 14.6 Å². The lowest BCUT2D eigenvalue weighted by molar-refractivity contribution is -0.118. The van der Waals surface area contributed by atoms with Gasteiger partial charge in [-0.05, 0) is 17.7 Å². The molecule has 0 saturated carbocycles. The Morgan fingerprint density at radius 1 is 1.00 bits per heavy atom. The molecule has 2 aromatic rings. The third-order valence-corrected chi connectivity index (χ3v) is 5.96. The van der Waals surface area contributed by atoms with Crippen molar-refractivity contribution in [2.24, 2.45) is 0 Å². The Morgan fingerprint density at radius 2 is 1.62 bits per heavy atom. The first-order chi connectivity index (χ1) is 10.0. The molecule has 0 aliphatic carbocycles. The Morgan fingerprint density at radius 3 is 2.33 bits per heavy atom. The number of nitrogens with zero attached hydrogens (tertiary/aromatic N) is 1. The minimum Gasteiger partial charge on any atom is -0.314 e. The zero-order valence-corrected chi connectivity index (χ0v) is 12.4. The van der Waals surface area contributed by atoms with Crippen molar-refractivity contribution in [3.05, 3.63) is 60.2 Å². The molecule has 21 heavy (non-hydrogen) atoms. The molecule has 0 unspecified atom stereocenters. The van der Waals surface area contributed by atoms with E-state index in [0.29, 0.717) is 11.3 Å². The molecule has 1 atom stereocenters. The number of hydrogen-bond donors (Lipinski definition) is 0. The fourth-order valence-corrected chi connectivity index (χ4v) is 4.58. The molecular weight excluding hydrogens is 286 g/mol. The van der Waals surface area contributed by atoms with Crippen LogP contribution in [0.4, 0.5) is 5.69 Å². The number of fused-ring (bicyclic) bond motifs is 1. The molecule has 0 N–H and O–H groups in total. The first-order valence-corrected chi connectivity index (χ1v) is 8.21. The van der Waals surface area contributed by atoms with Gasteiger partial charge in [-0.3, -0.25) is 4.79 Å². The SMILES string of the molecule is CN1C(=O)C[C@@H](c2ccccc2)S(=O)(=O)c2ccccc21. The highest BCUT2D eigenvalue weighted by Crippen LogP contribution is 2.39. The zero-order chi connectivity index (χ0) is 15.0. The van der Waals surface area contributed by atoms with Crippen LogP contribution in [0.15, 0.2) is 59.5 Å². The third kappa shape index (κ3) is 2.23. The molecule has 0 fully saturated rings. The van der Waals surface area contributed by atoms with Gasteiger partial charge >= 0.3 is 0 Å². The fourth-order valence-electron chi connectivity index (χ4n) is 2.63. The second-order valence-electron chi connectivity index (χ2n) is 5.07. The molecule has 1 aliphatic heterocycles. The van der Waals surface area contributed by atoms with E-state index in [1.54, 1.807) is 55.6 Å². The van der Waals surface area contributed by atoms with Crippen molar-refractivity contribution in [3.63, 3.8) is 0 Å². The predicted molar refractivity (Wildman–Crippen MR) is 80.8 cm³/mol. The molecule has 5 heteroatoms. The van der Waals surface area contributed by atoms with E-state index in [-0.39, 0.29) is 17.2 Å². The van der Waals surface area contributed by atoms with E-state index in [0.717, 1.165) is 0 Å². The molecule has 108 valence electrons. The van der Waals surface area contributed by atoms with Gasteiger partial charge in [0, 0.05) is 13.5 Å². The molecule has 3 rings (SSSR count). The van der Waals surface area contributed by atoms with Gasteiger partial charge in [-0.25, -0.2) is 8.42 Å². The Kier molecular flexibility index (Phi) is 3.29.